The van der Waals surface area contributed by atoms with Crippen molar-refractivity contribution in [2.45, 2.75) is 6.54 Å². The molecule has 0 radical (unpaired) electrons. The summed E-state index contributed by atoms with van der Waals surface area (Å²) in [6.07, 6.45) is 3.30. The highest BCUT2D eigenvalue weighted by atomic mass is 35.5. The van der Waals surface area contributed by atoms with Crippen LogP contribution >= 0.6 is 23.8 Å². The predicted octanol–water partition coefficient (Wildman–Crippen LogP) is 2.66. The van der Waals surface area contributed by atoms with Gasteiger partial charge in [0.25, 0.3) is 0 Å². The number of halogens is 2. The number of hydrogen-bond acceptors (Lipinski definition) is 2. The van der Waals surface area contributed by atoms with Gasteiger partial charge in [-0.15, -0.1) is 0 Å². The zero-order chi connectivity index (χ0) is 13.7. The van der Waals surface area contributed by atoms with Gasteiger partial charge in [0.05, 0.1) is 17.8 Å². The minimum Gasteiger partial charge on any atom is -0.361 e. The molecule has 0 spiro atoms. The Morgan fingerprint density at radius 3 is 3.00 bits per heavy atom. The molecule has 19 heavy (non-hydrogen) atoms. The van der Waals surface area contributed by atoms with Gasteiger partial charge >= 0.3 is 0 Å². The summed E-state index contributed by atoms with van der Waals surface area (Å²) < 4.78 is 14.7. The smallest absolute Gasteiger partial charge is 0.170 e. The molecule has 1 aromatic heterocycles. The minimum absolute atomic E-state index is 0.306. The van der Waals surface area contributed by atoms with Crippen LogP contribution in [0.15, 0.2) is 36.7 Å². The molecular formula is C12H12ClFN4S. The van der Waals surface area contributed by atoms with Crippen molar-refractivity contribution in [1.29, 1.82) is 0 Å². The molecule has 0 aliphatic heterocycles. The van der Waals surface area contributed by atoms with Crippen LogP contribution in [-0.2, 0) is 6.54 Å². The summed E-state index contributed by atoms with van der Waals surface area (Å²) >= 11 is 10.8. The van der Waals surface area contributed by atoms with E-state index in [1.54, 1.807) is 29.2 Å². The van der Waals surface area contributed by atoms with Crippen molar-refractivity contribution in [2.75, 3.05) is 11.9 Å². The SMILES string of the molecule is Fc1cccc(NC(=S)NCCn2cc(Cl)cn2)c1. The summed E-state index contributed by atoms with van der Waals surface area (Å²) in [6, 6.07) is 6.11. The second-order valence-corrected chi connectivity index (χ2v) is 4.66. The highest BCUT2D eigenvalue weighted by molar-refractivity contribution is 7.80. The van der Waals surface area contributed by atoms with Crippen LogP contribution in [-0.4, -0.2) is 21.4 Å². The van der Waals surface area contributed by atoms with Crippen molar-refractivity contribution in [1.82, 2.24) is 15.1 Å². The number of rotatable bonds is 4. The van der Waals surface area contributed by atoms with Crippen LogP contribution in [0.4, 0.5) is 10.1 Å². The van der Waals surface area contributed by atoms with E-state index in [1.807, 2.05) is 0 Å². The maximum Gasteiger partial charge on any atom is 0.170 e. The Labute approximate surface area is 120 Å². The van der Waals surface area contributed by atoms with Crippen molar-refractivity contribution >= 4 is 34.6 Å². The van der Waals surface area contributed by atoms with Crippen LogP contribution in [0.3, 0.4) is 0 Å². The fourth-order valence-electron chi connectivity index (χ4n) is 1.49. The Morgan fingerprint density at radius 2 is 2.32 bits per heavy atom. The normalized spacial score (nSPS) is 10.2. The fraction of sp³-hybridized carbons (Fsp3) is 0.167. The lowest BCUT2D eigenvalue weighted by Gasteiger charge is -2.10. The molecule has 7 heteroatoms. The molecule has 2 rings (SSSR count). The van der Waals surface area contributed by atoms with Gasteiger partial charge in [0.15, 0.2) is 5.11 Å². The van der Waals surface area contributed by atoms with E-state index in [0.717, 1.165) is 0 Å². The van der Waals surface area contributed by atoms with E-state index in [2.05, 4.69) is 15.7 Å². The standard InChI is InChI=1S/C12H12ClFN4S/c13-9-7-16-18(8-9)5-4-15-12(19)17-11-3-1-2-10(14)6-11/h1-3,6-8H,4-5H2,(H2,15,17,19). The second-order valence-electron chi connectivity index (χ2n) is 3.81. The minimum atomic E-state index is -0.306. The average molecular weight is 299 g/mol. The molecule has 2 N–H and O–H groups in total. The van der Waals surface area contributed by atoms with Crippen molar-refractivity contribution in [3.8, 4) is 0 Å². The van der Waals surface area contributed by atoms with Gasteiger partial charge in [-0.25, -0.2) is 4.39 Å². The zero-order valence-electron chi connectivity index (χ0n) is 9.94. The van der Waals surface area contributed by atoms with Crippen LogP contribution in [0, 0.1) is 5.82 Å². The predicted molar refractivity (Wildman–Crippen MR) is 77.9 cm³/mol. The summed E-state index contributed by atoms with van der Waals surface area (Å²) in [6.45, 7) is 1.23. The van der Waals surface area contributed by atoms with E-state index < -0.39 is 0 Å². The third-order valence-electron chi connectivity index (χ3n) is 2.31. The van der Waals surface area contributed by atoms with Gasteiger partial charge < -0.3 is 10.6 Å². The monoisotopic (exact) mass is 298 g/mol. The molecule has 0 fully saturated rings. The van der Waals surface area contributed by atoms with Crippen molar-refractivity contribution in [3.63, 3.8) is 0 Å². The zero-order valence-corrected chi connectivity index (χ0v) is 11.5. The number of aromatic nitrogens is 2. The molecule has 1 heterocycles. The lowest BCUT2D eigenvalue weighted by atomic mass is 10.3. The Hall–Kier alpha value is -1.66. The Kier molecular flexibility index (Phi) is 4.70. The van der Waals surface area contributed by atoms with Crippen molar-refractivity contribution in [2.24, 2.45) is 0 Å². The lowest BCUT2D eigenvalue weighted by Crippen LogP contribution is -2.31. The fourth-order valence-corrected chi connectivity index (χ4v) is 1.86. The first kappa shape index (κ1) is 13.8. The molecule has 1 aromatic carbocycles. The average Bonchev–Trinajstić information content (AvgIpc) is 2.75. The van der Waals surface area contributed by atoms with Gasteiger partial charge in [-0.2, -0.15) is 5.10 Å². The number of hydrogen-bond donors (Lipinski definition) is 2. The molecule has 0 bridgehead atoms. The van der Waals surface area contributed by atoms with Crippen LogP contribution in [0.1, 0.15) is 0 Å². The molecule has 4 nitrogen and oxygen atoms in total. The number of thiocarbonyl (C=S) groups is 1. The largest absolute Gasteiger partial charge is 0.361 e. The molecule has 0 aliphatic rings. The van der Waals surface area contributed by atoms with Crippen molar-refractivity contribution in [3.05, 3.63) is 47.5 Å². The third-order valence-corrected chi connectivity index (χ3v) is 2.75. The number of anilines is 1. The maximum absolute atomic E-state index is 13.0. The molecule has 0 saturated carbocycles. The van der Waals surface area contributed by atoms with Crippen LogP contribution in [0.25, 0.3) is 0 Å². The van der Waals surface area contributed by atoms with Crippen LogP contribution in [0.2, 0.25) is 5.02 Å². The Bertz CT molecular complexity index is 572. The van der Waals surface area contributed by atoms with Crippen LogP contribution in [0.5, 0.6) is 0 Å². The van der Waals surface area contributed by atoms with E-state index in [1.165, 1.54) is 12.1 Å². The van der Waals surface area contributed by atoms with E-state index in [4.69, 9.17) is 23.8 Å². The van der Waals surface area contributed by atoms with Gasteiger partial charge in [-0.05, 0) is 30.4 Å². The van der Waals surface area contributed by atoms with E-state index in [9.17, 15) is 4.39 Å². The quantitative estimate of drug-likeness (QED) is 0.852. The van der Waals surface area contributed by atoms with E-state index in [-0.39, 0.29) is 5.82 Å². The molecule has 0 atom stereocenters. The Morgan fingerprint density at radius 1 is 1.47 bits per heavy atom. The summed E-state index contributed by atoms with van der Waals surface area (Å²) in [5, 5.41) is 11.0. The van der Waals surface area contributed by atoms with Gasteiger partial charge in [0, 0.05) is 18.4 Å². The molecule has 0 unspecified atom stereocenters. The molecule has 0 amide bonds. The molecule has 0 aliphatic carbocycles. The van der Waals surface area contributed by atoms with Gasteiger partial charge in [-0.1, -0.05) is 17.7 Å². The number of nitrogens with zero attached hydrogens (tertiary/aromatic N) is 2. The number of benzene rings is 1. The summed E-state index contributed by atoms with van der Waals surface area (Å²) in [7, 11) is 0. The summed E-state index contributed by atoms with van der Waals surface area (Å²) in [5.74, 6) is -0.306. The first-order valence-electron chi connectivity index (χ1n) is 5.62. The second kappa shape index (κ2) is 6.49. The van der Waals surface area contributed by atoms with Gasteiger partial charge in [-0.3, -0.25) is 4.68 Å². The van der Waals surface area contributed by atoms with Gasteiger partial charge in [0.1, 0.15) is 5.82 Å². The first-order valence-corrected chi connectivity index (χ1v) is 6.40. The number of nitrogens with one attached hydrogen (secondary N) is 2. The molecule has 100 valence electrons. The highest BCUT2D eigenvalue weighted by Crippen LogP contribution is 2.08. The maximum atomic E-state index is 13.0. The molecule has 2 aromatic rings. The van der Waals surface area contributed by atoms with Crippen molar-refractivity contribution < 1.29 is 4.39 Å². The first-order chi connectivity index (χ1) is 9.13. The summed E-state index contributed by atoms with van der Waals surface area (Å²) in [4.78, 5) is 0. The summed E-state index contributed by atoms with van der Waals surface area (Å²) in [5.41, 5.74) is 0.611. The highest BCUT2D eigenvalue weighted by Gasteiger charge is 1.99. The topological polar surface area (TPSA) is 41.9 Å². The lowest BCUT2D eigenvalue weighted by molar-refractivity contribution is 0.604. The Balaban J connectivity index is 1.76. The van der Waals surface area contributed by atoms with E-state index in [0.29, 0.717) is 28.9 Å². The third kappa shape index (κ3) is 4.50. The molecular weight excluding hydrogens is 287 g/mol. The van der Waals surface area contributed by atoms with Gasteiger partial charge in [0.2, 0.25) is 0 Å². The van der Waals surface area contributed by atoms with Crippen LogP contribution < -0.4 is 10.6 Å². The van der Waals surface area contributed by atoms with E-state index >= 15 is 0 Å². The molecule has 0 saturated heterocycles.